The zero-order valence-electron chi connectivity index (χ0n) is 16.9. The molecule has 154 valence electrons. The van der Waals surface area contributed by atoms with Crippen LogP contribution in [0.2, 0.25) is 5.02 Å². The van der Waals surface area contributed by atoms with Crippen LogP contribution in [0.15, 0.2) is 73.1 Å². The molecule has 6 heteroatoms. The van der Waals surface area contributed by atoms with Gasteiger partial charge in [0.2, 0.25) is 0 Å². The Labute approximate surface area is 185 Å². The molecule has 0 amide bonds. The summed E-state index contributed by atoms with van der Waals surface area (Å²) in [6.45, 7) is 1.55. The van der Waals surface area contributed by atoms with Crippen molar-refractivity contribution in [1.29, 1.82) is 0 Å². The number of hydrogen-bond acceptors (Lipinski definition) is 5. The number of benzene rings is 2. The second-order valence-electron chi connectivity index (χ2n) is 7.76. The predicted molar refractivity (Wildman–Crippen MR) is 123 cm³/mol. The van der Waals surface area contributed by atoms with Crippen LogP contribution >= 0.6 is 11.6 Å². The number of para-hydroxylation sites is 1. The fourth-order valence-electron chi connectivity index (χ4n) is 4.13. The van der Waals surface area contributed by atoms with E-state index < -0.39 is 0 Å². The fourth-order valence-corrected chi connectivity index (χ4v) is 4.25. The molecule has 1 saturated heterocycles. The quantitative estimate of drug-likeness (QED) is 0.405. The Kier molecular flexibility index (Phi) is 5.35. The Bertz CT molecular complexity index is 1220. The van der Waals surface area contributed by atoms with E-state index in [1.165, 1.54) is 0 Å². The molecule has 4 aromatic rings. The van der Waals surface area contributed by atoms with Crippen molar-refractivity contribution in [3.8, 4) is 11.4 Å². The third-order valence-electron chi connectivity index (χ3n) is 5.80. The molecule has 0 saturated carbocycles. The molecule has 3 heterocycles. The van der Waals surface area contributed by atoms with E-state index in [0.717, 1.165) is 53.8 Å². The number of aromatic nitrogens is 3. The highest BCUT2D eigenvalue weighted by Gasteiger charge is 2.27. The number of rotatable bonds is 4. The number of carbonyl (C=O) groups excluding carboxylic acids is 1. The lowest BCUT2D eigenvalue weighted by atomic mass is 9.89. The first-order chi connectivity index (χ1) is 15.2. The van der Waals surface area contributed by atoms with Crippen LogP contribution in [0, 0.1) is 5.92 Å². The summed E-state index contributed by atoms with van der Waals surface area (Å²) in [4.78, 5) is 29.0. The smallest absolute Gasteiger partial charge is 0.166 e. The SMILES string of the molecule is O=C(c1ccc(Cl)cc1)C1CCN(c2nc(-c3cccnc3)nc3ccccc23)CC1. The molecule has 0 bridgehead atoms. The van der Waals surface area contributed by atoms with Gasteiger partial charge in [-0.25, -0.2) is 9.97 Å². The van der Waals surface area contributed by atoms with E-state index in [2.05, 4.69) is 16.0 Å². The molecule has 0 atom stereocenters. The highest BCUT2D eigenvalue weighted by atomic mass is 35.5. The van der Waals surface area contributed by atoms with Gasteiger partial charge in [0.15, 0.2) is 11.6 Å². The maximum absolute atomic E-state index is 12.9. The highest BCUT2D eigenvalue weighted by molar-refractivity contribution is 6.30. The van der Waals surface area contributed by atoms with E-state index >= 15 is 0 Å². The van der Waals surface area contributed by atoms with Crippen LogP contribution in [0.25, 0.3) is 22.3 Å². The lowest BCUT2D eigenvalue weighted by Crippen LogP contribution is -2.37. The normalized spacial score (nSPS) is 14.7. The Morgan fingerprint density at radius 3 is 2.45 bits per heavy atom. The van der Waals surface area contributed by atoms with Crippen molar-refractivity contribution in [3.63, 3.8) is 0 Å². The number of fused-ring (bicyclic) bond motifs is 1. The monoisotopic (exact) mass is 428 g/mol. The molecule has 1 fully saturated rings. The zero-order valence-corrected chi connectivity index (χ0v) is 17.7. The lowest BCUT2D eigenvalue weighted by Gasteiger charge is -2.33. The van der Waals surface area contributed by atoms with Crippen LogP contribution in [0.5, 0.6) is 0 Å². The van der Waals surface area contributed by atoms with E-state index in [-0.39, 0.29) is 11.7 Å². The van der Waals surface area contributed by atoms with Crippen LogP contribution in [0.3, 0.4) is 0 Å². The van der Waals surface area contributed by atoms with Gasteiger partial charge in [-0.1, -0.05) is 23.7 Å². The second kappa shape index (κ2) is 8.44. The van der Waals surface area contributed by atoms with Gasteiger partial charge in [0.25, 0.3) is 0 Å². The van der Waals surface area contributed by atoms with E-state index in [1.807, 2.05) is 42.5 Å². The summed E-state index contributed by atoms with van der Waals surface area (Å²) in [5.41, 5.74) is 2.53. The van der Waals surface area contributed by atoms with Crippen molar-refractivity contribution >= 4 is 34.1 Å². The summed E-state index contributed by atoms with van der Waals surface area (Å²) in [7, 11) is 0. The number of hydrogen-bond donors (Lipinski definition) is 0. The third-order valence-corrected chi connectivity index (χ3v) is 6.05. The number of carbonyl (C=O) groups is 1. The zero-order chi connectivity index (χ0) is 21.2. The van der Waals surface area contributed by atoms with Crippen molar-refractivity contribution in [1.82, 2.24) is 15.0 Å². The number of anilines is 1. The average Bonchev–Trinajstić information content (AvgIpc) is 2.84. The summed E-state index contributed by atoms with van der Waals surface area (Å²) in [6.07, 6.45) is 5.11. The van der Waals surface area contributed by atoms with Gasteiger partial charge < -0.3 is 4.90 Å². The Morgan fingerprint density at radius 1 is 0.935 bits per heavy atom. The summed E-state index contributed by atoms with van der Waals surface area (Å²) < 4.78 is 0. The molecule has 5 nitrogen and oxygen atoms in total. The van der Waals surface area contributed by atoms with Crippen molar-refractivity contribution in [2.75, 3.05) is 18.0 Å². The first kappa shape index (κ1) is 19.6. The van der Waals surface area contributed by atoms with Gasteiger partial charge in [-0.3, -0.25) is 9.78 Å². The van der Waals surface area contributed by atoms with Crippen molar-refractivity contribution in [2.24, 2.45) is 5.92 Å². The molecule has 1 aliphatic heterocycles. The number of halogens is 1. The minimum absolute atomic E-state index is 0.0170. The number of Topliss-reactive ketones (excluding diaryl/α,β-unsaturated/α-hetero) is 1. The molecule has 0 radical (unpaired) electrons. The number of ketones is 1. The molecule has 0 N–H and O–H groups in total. The van der Waals surface area contributed by atoms with Crippen LogP contribution in [-0.2, 0) is 0 Å². The molecule has 0 spiro atoms. The molecule has 0 unspecified atom stereocenters. The largest absolute Gasteiger partial charge is 0.356 e. The van der Waals surface area contributed by atoms with Gasteiger partial charge in [0, 0.05) is 52.9 Å². The molecule has 5 rings (SSSR count). The molecule has 2 aromatic carbocycles. The van der Waals surface area contributed by atoms with Crippen LogP contribution in [-0.4, -0.2) is 33.8 Å². The minimum atomic E-state index is 0.0170. The van der Waals surface area contributed by atoms with Gasteiger partial charge in [0.05, 0.1) is 5.52 Å². The standard InChI is InChI=1S/C25H21ClN4O/c26-20-9-7-17(8-10-20)23(31)18-11-14-30(15-12-18)25-21-5-1-2-6-22(21)28-24(29-25)19-4-3-13-27-16-19/h1-10,13,16,18H,11-12,14-15H2. The number of pyridine rings is 1. The van der Waals surface area contributed by atoms with Gasteiger partial charge in [0.1, 0.15) is 5.82 Å². The predicted octanol–water partition coefficient (Wildman–Crippen LogP) is 5.44. The first-order valence-electron chi connectivity index (χ1n) is 10.4. The molecular weight excluding hydrogens is 408 g/mol. The van der Waals surface area contributed by atoms with Gasteiger partial charge in [-0.15, -0.1) is 0 Å². The molecule has 31 heavy (non-hydrogen) atoms. The Morgan fingerprint density at radius 2 is 1.71 bits per heavy atom. The van der Waals surface area contributed by atoms with E-state index in [4.69, 9.17) is 21.6 Å². The number of piperidine rings is 1. The summed E-state index contributed by atoms with van der Waals surface area (Å²) in [6, 6.07) is 19.1. The van der Waals surface area contributed by atoms with E-state index in [1.54, 1.807) is 24.5 Å². The Balaban J connectivity index is 1.41. The fraction of sp³-hybridized carbons (Fsp3) is 0.200. The van der Waals surface area contributed by atoms with Gasteiger partial charge >= 0.3 is 0 Å². The summed E-state index contributed by atoms with van der Waals surface area (Å²) in [5.74, 6) is 1.80. The second-order valence-corrected chi connectivity index (χ2v) is 8.20. The molecule has 1 aliphatic rings. The number of nitrogens with zero attached hydrogens (tertiary/aromatic N) is 4. The third kappa shape index (κ3) is 4.01. The van der Waals surface area contributed by atoms with E-state index in [0.29, 0.717) is 10.8 Å². The van der Waals surface area contributed by atoms with Gasteiger partial charge in [-0.2, -0.15) is 0 Å². The van der Waals surface area contributed by atoms with Crippen molar-refractivity contribution in [3.05, 3.63) is 83.6 Å². The highest BCUT2D eigenvalue weighted by Crippen LogP contribution is 2.31. The molecular formula is C25H21ClN4O. The molecule has 2 aromatic heterocycles. The van der Waals surface area contributed by atoms with Crippen LogP contribution in [0.4, 0.5) is 5.82 Å². The Hall–Kier alpha value is -3.31. The van der Waals surface area contributed by atoms with Crippen LogP contribution in [0.1, 0.15) is 23.2 Å². The molecule has 0 aliphatic carbocycles. The first-order valence-corrected chi connectivity index (χ1v) is 10.8. The summed E-state index contributed by atoms with van der Waals surface area (Å²) in [5, 5.41) is 1.67. The summed E-state index contributed by atoms with van der Waals surface area (Å²) >= 11 is 5.96. The average molecular weight is 429 g/mol. The maximum atomic E-state index is 12.9. The lowest BCUT2D eigenvalue weighted by molar-refractivity contribution is 0.0900. The maximum Gasteiger partial charge on any atom is 0.166 e. The van der Waals surface area contributed by atoms with Gasteiger partial charge in [-0.05, 0) is 61.4 Å². The minimum Gasteiger partial charge on any atom is -0.356 e. The van der Waals surface area contributed by atoms with E-state index in [9.17, 15) is 4.79 Å². The topological polar surface area (TPSA) is 59.0 Å². The van der Waals surface area contributed by atoms with Crippen molar-refractivity contribution < 1.29 is 4.79 Å². The van der Waals surface area contributed by atoms with Crippen LogP contribution < -0.4 is 4.90 Å². The van der Waals surface area contributed by atoms with Crippen molar-refractivity contribution in [2.45, 2.75) is 12.8 Å².